The molecule has 4 heterocycles. The topological polar surface area (TPSA) is 122 Å². The lowest BCUT2D eigenvalue weighted by atomic mass is 10.1. The molecular formula is C19H17F2N9O. The number of anilines is 1. The third kappa shape index (κ3) is 3.61. The summed E-state index contributed by atoms with van der Waals surface area (Å²) in [5, 5.41) is 19.7. The van der Waals surface area contributed by atoms with Gasteiger partial charge in [-0.25, -0.2) is 18.4 Å². The zero-order chi connectivity index (χ0) is 21.4. The average molecular weight is 425 g/mol. The minimum atomic E-state index is -1.07. The fourth-order valence-corrected chi connectivity index (χ4v) is 3.48. The van der Waals surface area contributed by atoms with Gasteiger partial charge in [0.15, 0.2) is 17.5 Å². The smallest absolute Gasteiger partial charge is 0.190 e. The maximum absolute atomic E-state index is 14.3. The molecule has 5 rings (SSSR count). The van der Waals surface area contributed by atoms with E-state index < -0.39 is 11.6 Å². The minimum Gasteiger partial charge on any atom is -0.383 e. The molecule has 0 bridgehead atoms. The van der Waals surface area contributed by atoms with Gasteiger partial charge in [0.25, 0.3) is 0 Å². The van der Waals surface area contributed by atoms with Crippen molar-refractivity contribution in [1.82, 2.24) is 40.2 Å². The predicted octanol–water partition coefficient (Wildman–Crippen LogP) is 2.02. The summed E-state index contributed by atoms with van der Waals surface area (Å²) in [6.07, 6.45) is 5.49. The Morgan fingerprint density at radius 1 is 1.19 bits per heavy atom. The van der Waals surface area contributed by atoms with Crippen LogP contribution in [0.2, 0.25) is 0 Å². The van der Waals surface area contributed by atoms with Crippen LogP contribution in [0.5, 0.6) is 0 Å². The van der Waals surface area contributed by atoms with Gasteiger partial charge in [-0.3, -0.25) is 0 Å². The van der Waals surface area contributed by atoms with Gasteiger partial charge in [0, 0.05) is 18.4 Å². The second-order valence-corrected chi connectivity index (χ2v) is 7.10. The molecule has 4 aromatic rings. The Labute approximate surface area is 174 Å². The van der Waals surface area contributed by atoms with Crippen molar-refractivity contribution in [3.05, 3.63) is 48.3 Å². The molecule has 0 spiro atoms. The predicted molar refractivity (Wildman–Crippen MR) is 105 cm³/mol. The Morgan fingerprint density at radius 2 is 2.10 bits per heavy atom. The summed E-state index contributed by atoms with van der Waals surface area (Å²) in [5.74, 6) is -1.84. The molecule has 1 aliphatic rings. The molecule has 0 amide bonds. The van der Waals surface area contributed by atoms with E-state index in [0.29, 0.717) is 23.4 Å². The van der Waals surface area contributed by atoms with Crippen LogP contribution in [0.25, 0.3) is 28.3 Å². The van der Waals surface area contributed by atoms with Crippen LogP contribution in [0.15, 0.2) is 36.7 Å². The highest BCUT2D eigenvalue weighted by atomic mass is 19.2. The van der Waals surface area contributed by atoms with Crippen LogP contribution in [0, 0.1) is 11.6 Å². The molecule has 2 N–H and O–H groups in total. The first-order valence-corrected chi connectivity index (χ1v) is 9.61. The first-order valence-electron chi connectivity index (χ1n) is 9.61. The molecule has 1 aromatic carbocycles. The highest BCUT2D eigenvalue weighted by Crippen LogP contribution is 2.29. The van der Waals surface area contributed by atoms with Crippen molar-refractivity contribution < 1.29 is 13.5 Å². The third-order valence-corrected chi connectivity index (χ3v) is 5.04. The molecule has 158 valence electrons. The van der Waals surface area contributed by atoms with Crippen molar-refractivity contribution in [3.8, 4) is 28.3 Å². The SMILES string of the molecule is Nc1ncc(-c2cn(C[C@H]3CCCO3)nn2)cc1-c1nnnn1-c1cccc(F)c1F. The van der Waals surface area contributed by atoms with Gasteiger partial charge in [0.2, 0.25) is 0 Å². The molecule has 1 fully saturated rings. The Balaban J connectivity index is 1.50. The molecule has 0 aliphatic carbocycles. The lowest BCUT2D eigenvalue weighted by Gasteiger charge is -2.09. The zero-order valence-corrected chi connectivity index (χ0v) is 16.2. The summed E-state index contributed by atoms with van der Waals surface area (Å²) < 4.78 is 36.4. The number of hydrogen-bond acceptors (Lipinski definition) is 8. The van der Waals surface area contributed by atoms with E-state index >= 15 is 0 Å². The number of ether oxygens (including phenoxy) is 1. The fraction of sp³-hybridized carbons (Fsp3) is 0.263. The number of nitrogen functional groups attached to an aromatic ring is 1. The summed E-state index contributed by atoms with van der Waals surface area (Å²) in [4.78, 5) is 4.20. The number of rotatable bonds is 5. The summed E-state index contributed by atoms with van der Waals surface area (Å²) >= 11 is 0. The number of hydrogen-bond donors (Lipinski definition) is 1. The van der Waals surface area contributed by atoms with Crippen molar-refractivity contribution in [2.24, 2.45) is 0 Å². The molecule has 31 heavy (non-hydrogen) atoms. The lowest BCUT2D eigenvalue weighted by molar-refractivity contribution is 0.0935. The Hall–Kier alpha value is -3.80. The minimum absolute atomic E-state index is 0.114. The molecule has 12 heteroatoms. The van der Waals surface area contributed by atoms with Gasteiger partial charge in [-0.1, -0.05) is 11.3 Å². The second-order valence-electron chi connectivity index (χ2n) is 7.10. The van der Waals surface area contributed by atoms with E-state index in [0.717, 1.165) is 30.2 Å². The lowest BCUT2D eigenvalue weighted by Crippen LogP contribution is -2.15. The number of halogens is 2. The molecule has 1 aliphatic heterocycles. The molecule has 1 saturated heterocycles. The molecule has 0 unspecified atom stereocenters. The van der Waals surface area contributed by atoms with Crippen molar-refractivity contribution in [3.63, 3.8) is 0 Å². The van der Waals surface area contributed by atoms with Crippen LogP contribution in [-0.2, 0) is 11.3 Å². The van der Waals surface area contributed by atoms with Crippen LogP contribution in [-0.4, -0.2) is 52.9 Å². The molecular weight excluding hydrogens is 408 g/mol. The van der Waals surface area contributed by atoms with Crippen molar-refractivity contribution >= 4 is 5.82 Å². The van der Waals surface area contributed by atoms with E-state index in [1.54, 1.807) is 23.1 Å². The normalized spacial score (nSPS) is 16.1. The maximum Gasteiger partial charge on any atom is 0.190 e. The van der Waals surface area contributed by atoms with Gasteiger partial charge >= 0.3 is 0 Å². The van der Waals surface area contributed by atoms with Crippen LogP contribution in [0.3, 0.4) is 0 Å². The first-order chi connectivity index (χ1) is 15.1. The number of pyridine rings is 1. The van der Waals surface area contributed by atoms with Gasteiger partial charge in [-0.15, -0.1) is 10.2 Å². The van der Waals surface area contributed by atoms with Gasteiger partial charge < -0.3 is 10.5 Å². The number of tetrazole rings is 1. The van der Waals surface area contributed by atoms with E-state index in [1.165, 1.54) is 12.1 Å². The standard InChI is InChI=1S/C19H17F2N9O/c20-14-4-1-5-16(17(14)21)30-19(25-26-28-30)13-7-11(8-23-18(13)22)15-10-29(27-24-15)9-12-3-2-6-31-12/h1,4-5,7-8,10,12H,2-3,6,9H2,(H2,22,23)/t12-/m1/s1. The van der Waals surface area contributed by atoms with E-state index in [2.05, 4.69) is 30.8 Å². The van der Waals surface area contributed by atoms with Gasteiger partial charge in [-0.05, 0) is 41.5 Å². The second kappa shape index (κ2) is 7.80. The molecule has 0 radical (unpaired) electrons. The van der Waals surface area contributed by atoms with Gasteiger partial charge in [0.1, 0.15) is 17.2 Å². The molecule has 0 saturated carbocycles. The summed E-state index contributed by atoms with van der Waals surface area (Å²) in [6.45, 7) is 1.37. The number of nitrogens with zero attached hydrogens (tertiary/aromatic N) is 8. The largest absolute Gasteiger partial charge is 0.383 e. The van der Waals surface area contributed by atoms with E-state index in [4.69, 9.17) is 10.5 Å². The maximum atomic E-state index is 14.3. The average Bonchev–Trinajstić information content (AvgIpc) is 3.53. The first kappa shape index (κ1) is 19.2. The zero-order valence-electron chi connectivity index (χ0n) is 16.2. The number of aromatic nitrogens is 8. The highest BCUT2D eigenvalue weighted by molar-refractivity contribution is 5.75. The number of benzene rings is 1. The molecule has 3 aromatic heterocycles. The summed E-state index contributed by atoms with van der Waals surface area (Å²) in [7, 11) is 0. The van der Waals surface area contributed by atoms with Crippen molar-refractivity contribution in [1.29, 1.82) is 0 Å². The van der Waals surface area contributed by atoms with Crippen LogP contribution < -0.4 is 5.73 Å². The van der Waals surface area contributed by atoms with E-state index in [1.807, 2.05) is 0 Å². The summed E-state index contributed by atoms with van der Waals surface area (Å²) in [6, 6.07) is 5.42. The van der Waals surface area contributed by atoms with Crippen LogP contribution in [0.4, 0.5) is 14.6 Å². The number of nitrogens with two attached hydrogens (primary N) is 1. The monoisotopic (exact) mass is 425 g/mol. The summed E-state index contributed by atoms with van der Waals surface area (Å²) in [5.41, 5.74) is 7.44. The van der Waals surface area contributed by atoms with Gasteiger partial charge in [0.05, 0.1) is 24.4 Å². The molecule has 10 nitrogen and oxygen atoms in total. The highest BCUT2D eigenvalue weighted by Gasteiger charge is 2.21. The Kier molecular flexibility index (Phi) is 4.82. The van der Waals surface area contributed by atoms with E-state index in [-0.39, 0.29) is 23.4 Å². The quantitative estimate of drug-likeness (QED) is 0.515. The van der Waals surface area contributed by atoms with Crippen molar-refractivity contribution in [2.75, 3.05) is 12.3 Å². The molecule has 1 atom stereocenters. The van der Waals surface area contributed by atoms with E-state index in [9.17, 15) is 8.78 Å². The van der Waals surface area contributed by atoms with Crippen LogP contribution >= 0.6 is 0 Å². The van der Waals surface area contributed by atoms with Gasteiger partial charge in [-0.2, -0.15) is 4.68 Å². The van der Waals surface area contributed by atoms with Crippen LogP contribution in [0.1, 0.15) is 12.8 Å². The van der Waals surface area contributed by atoms with Crippen molar-refractivity contribution in [2.45, 2.75) is 25.5 Å². The Bertz CT molecular complexity index is 1230. The fourth-order valence-electron chi connectivity index (χ4n) is 3.48. The third-order valence-electron chi connectivity index (χ3n) is 5.04. The Morgan fingerprint density at radius 3 is 2.94 bits per heavy atom.